The van der Waals surface area contributed by atoms with Crippen molar-refractivity contribution in [2.24, 2.45) is 0 Å². The van der Waals surface area contributed by atoms with Crippen molar-refractivity contribution < 1.29 is 14.3 Å². The molecule has 0 spiro atoms. The minimum atomic E-state index is -0.478. The van der Waals surface area contributed by atoms with Gasteiger partial charge in [-0.05, 0) is 26.3 Å². The summed E-state index contributed by atoms with van der Waals surface area (Å²) in [6.07, 6.45) is 1.88. The van der Waals surface area contributed by atoms with E-state index in [9.17, 15) is 9.59 Å². The van der Waals surface area contributed by atoms with Crippen molar-refractivity contribution >= 4 is 11.8 Å². The highest BCUT2D eigenvalue weighted by molar-refractivity contribution is 5.90. The van der Waals surface area contributed by atoms with Gasteiger partial charge in [0.05, 0.1) is 19.3 Å². The molecule has 2 amide bonds. The topological polar surface area (TPSA) is 70.7 Å². The van der Waals surface area contributed by atoms with Crippen LogP contribution in [0.1, 0.15) is 19.8 Å². The van der Waals surface area contributed by atoms with Gasteiger partial charge >= 0.3 is 0 Å². The van der Waals surface area contributed by atoms with E-state index in [4.69, 9.17) is 4.74 Å². The summed E-state index contributed by atoms with van der Waals surface area (Å²) in [7, 11) is 0. The summed E-state index contributed by atoms with van der Waals surface area (Å²) in [6, 6.07) is -0.603. The molecule has 2 N–H and O–H groups in total. The van der Waals surface area contributed by atoms with E-state index in [1.807, 2.05) is 6.92 Å². The Balaban J connectivity index is 2.02. The molecule has 102 valence electrons. The number of nitrogens with one attached hydrogen (secondary N) is 2. The van der Waals surface area contributed by atoms with Crippen LogP contribution >= 0.6 is 0 Å². The van der Waals surface area contributed by atoms with Crippen LogP contribution in [0.2, 0.25) is 0 Å². The Hall–Kier alpha value is -1.14. The first-order valence-electron chi connectivity index (χ1n) is 6.63. The van der Waals surface area contributed by atoms with Gasteiger partial charge in [0.2, 0.25) is 11.8 Å². The third kappa shape index (κ3) is 2.81. The lowest BCUT2D eigenvalue weighted by Crippen LogP contribution is -2.59. The molecule has 2 atom stereocenters. The standard InChI is InChI=1S/C12H21N3O3/c1-2-13-11(16)10-8-18-7-6-15(10)12(17)9-4-3-5-14-9/h9-10,14H,2-8H2,1H3,(H,13,16)/t9-,10?/m1/s1. The number of likely N-dealkylation sites (N-methyl/N-ethyl adjacent to an activating group) is 1. The molecule has 6 heteroatoms. The Morgan fingerprint density at radius 3 is 3.00 bits per heavy atom. The lowest BCUT2D eigenvalue weighted by atomic mass is 10.1. The SMILES string of the molecule is CCNC(=O)C1COCCN1C(=O)[C@H]1CCCN1. The van der Waals surface area contributed by atoms with Crippen molar-refractivity contribution in [2.75, 3.05) is 32.8 Å². The van der Waals surface area contributed by atoms with Crippen molar-refractivity contribution in [3.8, 4) is 0 Å². The predicted molar refractivity (Wildman–Crippen MR) is 66.0 cm³/mol. The number of ether oxygens (including phenoxy) is 1. The van der Waals surface area contributed by atoms with Crippen LogP contribution in [0.5, 0.6) is 0 Å². The average molecular weight is 255 g/mol. The van der Waals surface area contributed by atoms with E-state index in [0.29, 0.717) is 26.3 Å². The zero-order valence-corrected chi connectivity index (χ0v) is 10.8. The highest BCUT2D eigenvalue weighted by atomic mass is 16.5. The maximum absolute atomic E-state index is 12.3. The number of rotatable bonds is 3. The fourth-order valence-corrected chi connectivity index (χ4v) is 2.47. The highest BCUT2D eigenvalue weighted by Gasteiger charge is 2.36. The smallest absolute Gasteiger partial charge is 0.245 e. The molecule has 2 aliphatic rings. The number of carbonyl (C=O) groups excluding carboxylic acids is 2. The second kappa shape index (κ2) is 6.15. The van der Waals surface area contributed by atoms with E-state index in [0.717, 1.165) is 19.4 Å². The predicted octanol–water partition coefficient (Wildman–Crippen LogP) is -0.898. The van der Waals surface area contributed by atoms with Gasteiger partial charge in [-0.15, -0.1) is 0 Å². The van der Waals surface area contributed by atoms with E-state index < -0.39 is 6.04 Å². The number of amides is 2. The maximum atomic E-state index is 12.3. The monoisotopic (exact) mass is 255 g/mol. The van der Waals surface area contributed by atoms with Crippen LogP contribution in [0.4, 0.5) is 0 Å². The highest BCUT2D eigenvalue weighted by Crippen LogP contribution is 2.14. The molecule has 6 nitrogen and oxygen atoms in total. The fraction of sp³-hybridized carbons (Fsp3) is 0.833. The summed E-state index contributed by atoms with van der Waals surface area (Å²) in [6.45, 7) is 4.62. The first-order valence-corrected chi connectivity index (χ1v) is 6.63. The molecule has 2 aliphatic heterocycles. The summed E-state index contributed by atoms with van der Waals surface area (Å²) in [5.41, 5.74) is 0. The molecular weight excluding hydrogens is 234 g/mol. The van der Waals surface area contributed by atoms with E-state index in [-0.39, 0.29) is 17.9 Å². The second-order valence-corrected chi connectivity index (χ2v) is 4.67. The van der Waals surface area contributed by atoms with Crippen molar-refractivity contribution in [1.82, 2.24) is 15.5 Å². The molecule has 0 bridgehead atoms. The number of nitrogens with zero attached hydrogens (tertiary/aromatic N) is 1. The van der Waals surface area contributed by atoms with Crippen molar-refractivity contribution in [3.05, 3.63) is 0 Å². The Bertz CT molecular complexity index is 316. The quantitative estimate of drug-likeness (QED) is 0.686. The first kappa shape index (κ1) is 13.3. The Morgan fingerprint density at radius 2 is 2.33 bits per heavy atom. The van der Waals surface area contributed by atoms with Crippen molar-refractivity contribution in [3.63, 3.8) is 0 Å². The molecule has 2 fully saturated rings. The van der Waals surface area contributed by atoms with Gasteiger partial charge in [0, 0.05) is 13.1 Å². The van der Waals surface area contributed by atoms with Gasteiger partial charge in [-0.2, -0.15) is 0 Å². The molecule has 0 aromatic rings. The van der Waals surface area contributed by atoms with Crippen LogP contribution in [-0.4, -0.2) is 61.6 Å². The number of hydrogen-bond acceptors (Lipinski definition) is 4. The lowest BCUT2D eigenvalue weighted by Gasteiger charge is -2.36. The summed E-state index contributed by atoms with van der Waals surface area (Å²) in [5, 5.41) is 5.94. The van der Waals surface area contributed by atoms with Crippen LogP contribution in [0, 0.1) is 0 Å². The van der Waals surface area contributed by atoms with Crippen LogP contribution in [0.15, 0.2) is 0 Å². The van der Waals surface area contributed by atoms with E-state index in [1.54, 1.807) is 4.90 Å². The molecule has 0 aromatic carbocycles. The maximum Gasteiger partial charge on any atom is 0.245 e. The summed E-state index contributed by atoms with van der Waals surface area (Å²) < 4.78 is 5.32. The molecule has 0 aliphatic carbocycles. The molecule has 18 heavy (non-hydrogen) atoms. The average Bonchev–Trinajstić information content (AvgIpc) is 2.92. The van der Waals surface area contributed by atoms with Crippen molar-refractivity contribution in [2.45, 2.75) is 31.8 Å². The lowest BCUT2D eigenvalue weighted by molar-refractivity contribution is -0.149. The van der Waals surface area contributed by atoms with E-state index in [2.05, 4.69) is 10.6 Å². The molecular formula is C12H21N3O3. The van der Waals surface area contributed by atoms with E-state index >= 15 is 0 Å². The van der Waals surface area contributed by atoms with Crippen LogP contribution in [-0.2, 0) is 14.3 Å². The number of hydrogen-bond donors (Lipinski definition) is 2. The number of carbonyl (C=O) groups is 2. The zero-order valence-electron chi connectivity index (χ0n) is 10.8. The molecule has 1 unspecified atom stereocenters. The van der Waals surface area contributed by atoms with Gasteiger partial charge in [-0.1, -0.05) is 0 Å². The van der Waals surface area contributed by atoms with Crippen LogP contribution < -0.4 is 10.6 Å². The van der Waals surface area contributed by atoms with Gasteiger partial charge in [0.15, 0.2) is 0 Å². The summed E-state index contributed by atoms with van der Waals surface area (Å²) in [4.78, 5) is 25.9. The second-order valence-electron chi connectivity index (χ2n) is 4.67. The first-order chi connectivity index (χ1) is 8.74. The van der Waals surface area contributed by atoms with Crippen molar-refractivity contribution in [1.29, 1.82) is 0 Å². The fourth-order valence-electron chi connectivity index (χ4n) is 2.47. The Kier molecular flexibility index (Phi) is 4.54. The van der Waals surface area contributed by atoms with Gasteiger partial charge in [0.25, 0.3) is 0 Å². The van der Waals surface area contributed by atoms with Gasteiger partial charge < -0.3 is 20.3 Å². The Morgan fingerprint density at radius 1 is 1.50 bits per heavy atom. The summed E-state index contributed by atoms with van der Waals surface area (Å²) in [5.74, 6) is -0.0874. The summed E-state index contributed by atoms with van der Waals surface area (Å²) >= 11 is 0. The molecule has 2 rings (SSSR count). The largest absolute Gasteiger partial charge is 0.377 e. The van der Waals surface area contributed by atoms with Gasteiger partial charge in [-0.25, -0.2) is 0 Å². The van der Waals surface area contributed by atoms with Gasteiger partial charge in [-0.3, -0.25) is 9.59 Å². The van der Waals surface area contributed by atoms with Gasteiger partial charge in [0.1, 0.15) is 6.04 Å². The molecule has 0 radical (unpaired) electrons. The molecule has 0 saturated carbocycles. The third-order valence-electron chi connectivity index (χ3n) is 3.42. The minimum Gasteiger partial charge on any atom is -0.377 e. The third-order valence-corrected chi connectivity index (χ3v) is 3.42. The molecule has 0 aromatic heterocycles. The number of morpholine rings is 1. The normalized spacial score (nSPS) is 28.2. The van der Waals surface area contributed by atoms with Crippen LogP contribution in [0.25, 0.3) is 0 Å². The van der Waals surface area contributed by atoms with E-state index in [1.165, 1.54) is 0 Å². The zero-order chi connectivity index (χ0) is 13.0. The van der Waals surface area contributed by atoms with Crippen LogP contribution in [0.3, 0.4) is 0 Å². The molecule has 2 heterocycles. The Labute approximate surface area is 107 Å². The molecule has 2 saturated heterocycles. The minimum absolute atomic E-state index is 0.0343.